The summed E-state index contributed by atoms with van der Waals surface area (Å²) in [4.78, 5) is 12.1. The van der Waals surface area contributed by atoms with Crippen molar-refractivity contribution in [2.75, 3.05) is 0 Å². The minimum absolute atomic E-state index is 0.0182. The minimum Gasteiger partial charge on any atom is -0.506 e. The summed E-state index contributed by atoms with van der Waals surface area (Å²) in [6.07, 6.45) is 1.30. The van der Waals surface area contributed by atoms with Gasteiger partial charge in [-0.05, 0) is 61.0 Å². The Morgan fingerprint density at radius 2 is 1.72 bits per heavy atom. The highest BCUT2D eigenvalue weighted by Gasteiger charge is 2.15. The number of carbonyl (C=O) groups excluding carboxylic acids is 1. The van der Waals surface area contributed by atoms with Crippen molar-refractivity contribution in [3.8, 4) is 11.5 Å². The third-order valence-electron chi connectivity index (χ3n) is 3.58. The molecule has 0 radical (unpaired) electrons. The lowest BCUT2D eigenvalue weighted by molar-refractivity contribution is 0.0955. The van der Waals surface area contributed by atoms with E-state index in [1.807, 2.05) is 12.1 Å². The van der Waals surface area contributed by atoms with Crippen molar-refractivity contribution < 1.29 is 15.0 Å². The van der Waals surface area contributed by atoms with Gasteiger partial charge in [0.15, 0.2) is 0 Å². The van der Waals surface area contributed by atoms with E-state index >= 15 is 0 Å². The number of aromatic hydroxyl groups is 2. The van der Waals surface area contributed by atoms with Gasteiger partial charge < -0.3 is 10.2 Å². The van der Waals surface area contributed by atoms with Crippen LogP contribution in [-0.2, 0) is 5.41 Å². The molecule has 3 N–H and O–H groups in total. The van der Waals surface area contributed by atoms with Crippen molar-refractivity contribution in [1.82, 2.24) is 5.43 Å². The molecule has 2 aromatic carbocycles. The van der Waals surface area contributed by atoms with Crippen LogP contribution >= 0.6 is 31.9 Å². The molecule has 7 heteroatoms. The largest absolute Gasteiger partial charge is 0.506 e. The number of rotatable bonds is 3. The summed E-state index contributed by atoms with van der Waals surface area (Å²) in [7, 11) is 0. The van der Waals surface area contributed by atoms with E-state index in [1.165, 1.54) is 12.3 Å². The molecule has 0 spiro atoms. The van der Waals surface area contributed by atoms with Crippen LogP contribution in [0, 0.1) is 0 Å². The summed E-state index contributed by atoms with van der Waals surface area (Å²) < 4.78 is 0.537. The third-order valence-corrected chi connectivity index (χ3v) is 4.94. The van der Waals surface area contributed by atoms with Crippen LogP contribution in [0.15, 0.2) is 44.4 Å². The maximum absolute atomic E-state index is 12.1. The molecule has 0 fully saturated rings. The van der Waals surface area contributed by atoms with E-state index in [-0.39, 0.29) is 27.3 Å². The van der Waals surface area contributed by atoms with E-state index in [1.54, 1.807) is 12.1 Å². The zero-order valence-electron chi connectivity index (χ0n) is 14.0. The molecule has 0 heterocycles. The summed E-state index contributed by atoms with van der Waals surface area (Å²) in [5, 5.41) is 23.5. The highest BCUT2D eigenvalue weighted by atomic mass is 79.9. The lowest BCUT2D eigenvalue weighted by Crippen LogP contribution is -2.18. The van der Waals surface area contributed by atoms with Crippen LogP contribution < -0.4 is 5.43 Å². The quantitative estimate of drug-likeness (QED) is 0.450. The number of benzene rings is 2. The molecule has 0 saturated carbocycles. The molecule has 0 aliphatic heterocycles. The van der Waals surface area contributed by atoms with Crippen molar-refractivity contribution in [3.05, 3.63) is 56.0 Å². The molecule has 0 aliphatic carbocycles. The van der Waals surface area contributed by atoms with E-state index in [0.717, 1.165) is 5.56 Å². The minimum atomic E-state index is -0.354. The van der Waals surface area contributed by atoms with Crippen LogP contribution in [0.2, 0.25) is 0 Å². The molecule has 5 nitrogen and oxygen atoms in total. The Morgan fingerprint density at radius 1 is 1.12 bits per heavy atom. The molecule has 0 unspecified atom stereocenters. The topological polar surface area (TPSA) is 81.9 Å². The lowest BCUT2D eigenvalue weighted by Gasteiger charge is -2.18. The summed E-state index contributed by atoms with van der Waals surface area (Å²) >= 11 is 6.25. The van der Waals surface area contributed by atoms with Gasteiger partial charge in [-0.3, -0.25) is 4.79 Å². The van der Waals surface area contributed by atoms with Gasteiger partial charge in [0.25, 0.3) is 5.91 Å². The Kier molecular flexibility index (Phi) is 5.90. The van der Waals surface area contributed by atoms with E-state index in [2.05, 4.69) is 63.2 Å². The number of nitrogens with one attached hydrogen (secondary N) is 1. The fourth-order valence-electron chi connectivity index (χ4n) is 2.06. The number of carbonyl (C=O) groups is 1. The van der Waals surface area contributed by atoms with Gasteiger partial charge in [0.2, 0.25) is 0 Å². The smallest absolute Gasteiger partial charge is 0.271 e. The van der Waals surface area contributed by atoms with Gasteiger partial charge in [-0.1, -0.05) is 32.9 Å². The number of phenols is 2. The summed E-state index contributed by atoms with van der Waals surface area (Å²) in [6, 6.07) is 8.81. The van der Waals surface area contributed by atoms with E-state index in [9.17, 15) is 15.0 Å². The molecule has 0 aromatic heterocycles. The summed E-state index contributed by atoms with van der Waals surface area (Å²) in [6.45, 7) is 6.31. The fraction of sp³-hybridized carbons (Fsp3) is 0.222. The maximum atomic E-state index is 12.1. The van der Waals surface area contributed by atoms with Gasteiger partial charge in [0.1, 0.15) is 16.0 Å². The molecular formula is C18H18Br2N2O3. The number of hydrazone groups is 1. The van der Waals surface area contributed by atoms with Crippen LogP contribution in [0.4, 0.5) is 0 Å². The second-order valence-electron chi connectivity index (χ2n) is 6.49. The van der Waals surface area contributed by atoms with Gasteiger partial charge in [-0.25, -0.2) is 5.43 Å². The van der Waals surface area contributed by atoms with Gasteiger partial charge in [0, 0.05) is 11.1 Å². The van der Waals surface area contributed by atoms with Crippen LogP contribution in [0.25, 0.3) is 0 Å². The molecule has 1 amide bonds. The van der Waals surface area contributed by atoms with Crippen molar-refractivity contribution >= 4 is 44.0 Å². The standard InChI is InChI=1S/C18H18Br2N2O3/c1-18(2,3)12-6-4-10(5-7-12)17(25)22-21-9-11-8-13(19)16(24)14(20)15(11)23/h4-9,23-24H,1-3H3,(H,22,25)/b21-9+. The Morgan fingerprint density at radius 3 is 2.28 bits per heavy atom. The number of nitrogens with zero attached hydrogens (tertiary/aromatic N) is 1. The molecule has 25 heavy (non-hydrogen) atoms. The molecule has 0 aliphatic rings. The average molecular weight is 470 g/mol. The van der Waals surface area contributed by atoms with Crippen molar-refractivity contribution in [2.24, 2.45) is 5.10 Å². The van der Waals surface area contributed by atoms with Crippen molar-refractivity contribution in [3.63, 3.8) is 0 Å². The molecule has 2 rings (SSSR count). The van der Waals surface area contributed by atoms with Crippen LogP contribution in [0.1, 0.15) is 42.3 Å². The van der Waals surface area contributed by atoms with Gasteiger partial charge in [-0.15, -0.1) is 0 Å². The number of hydrogen-bond acceptors (Lipinski definition) is 4. The SMILES string of the molecule is CC(C)(C)c1ccc(C(=O)N/N=C/c2cc(Br)c(O)c(Br)c2O)cc1. The van der Waals surface area contributed by atoms with E-state index < -0.39 is 0 Å². The number of hydrogen-bond donors (Lipinski definition) is 3. The zero-order valence-corrected chi connectivity index (χ0v) is 17.1. The maximum Gasteiger partial charge on any atom is 0.271 e. The molecule has 0 saturated heterocycles. The first-order valence-electron chi connectivity index (χ1n) is 7.45. The first kappa shape index (κ1) is 19.5. The summed E-state index contributed by atoms with van der Waals surface area (Å²) in [5.41, 5.74) is 4.39. The molecule has 0 atom stereocenters. The number of amides is 1. The Hall–Kier alpha value is -1.86. The molecule has 132 valence electrons. The fourth-order valence-corrected chi connectivity index (χ4v) is 3.22. The highest BCUT2D eigenvalue weighted by Crippen LogP contribution is 2.40. The van der Waals surface area contributed by atoms with Gasteiger partial charge >= 0.3 is 0 Å². The van der Waals surface area contributed by atoms with Gasteiger partial charge in [0.05, 0.1) is 10.7 Å². The van der Waals surface area contributed by atoms with Crippen LogP contribution in [0.5, 0.6) is 11.5 Å². The van der Waals surface area contributed by atoms with Crippen LogP contribution in [0.3, 0.4) is 0 Å². The molecular weight excluding hydrogens is 452 g/mol. The molecule has 2 aromatic rings. The lowest BCUT2D eigenvalue weighted by atomic mass is 9.87. The van der Waals surface area contributed by atoms with E-state index in [0.29, 0.717) is 15.6 Å². The summed E-state index contributed by atoms with van der Waals surface area (Å²) in [5.74, 6) is -0.640. The average Bonchev–Trinajstić information content (AvgIpc) is 2.56. The Balaban J connectivity index is 2.11. The monoisotopic (exact) mass is 468 g/mol. The van der Waals surface area contributed by atoms with Crippen molar-refractivity contribution in [1.29, 1.82) is 0 Å². The number of phenolic OH excluding ortho intramolecular Hbond substituents is 2. The number of halogens is 2. The Bertz CT molecular complexity index is 826. The predicted molar refractivity (Wildman–Crippen MR) is 105 cm³/mol. The highest BCUT2D eigenvalue weighted by molar-refractivity contribution is 9.11. The van der Waals surface area contributed by atoms with E-state index in [4.69, 9.17) is 0 Å². The first-order valence-corrected chi connectivity index (χ1v) is 9.03. The third kappa shape index (κ3) is 4.61. The van der Waals surface area contributed by atoms with Gasteiger partial charge in [-0.2, -0.15) is 5.10 Å². The molecule has 0 bridgehead atoms. The predicted octanol–water partition coefficient (Wildman–Crippen LogP) is 4.68. The zero-order chi connectivity index (χ0) is 18.8. The van der Waals surface area contributed by atoms with Crippen LogP contribution in [-0.4, -0.2) is 22.3 Å². The Labute approximate surface area is 163 Å². The normalized spacial score (nSPS) is 11.7. The second-order valence-corrected chi connectivity index (χ2v) is 8.13. The van der Waals surface area contributed by atoms with Crippen molar-refractivity contribution in [2.45, 2.75) is 26.2 Å². The first-order chi connectivity index (χ1) is 11.6. The second kappa shape index (κ2) is 7.58.